The fraction of sp³-hybridized carbons (Fsp3) is 0.429. The molecule has 19 heavy (non-hydrogen) atoms. The quantitative estimate of drug-likeness (QED) is 0.855. The molecule has 3 rings (SSSR count). The minimum atomic E-state index is 0.807. The Morgan fingerprint density at radius 1 is 1.21 bits per heavy atom. The SMILES string of the molecule is Cc1cc(N)ccc1Sc1nnc2n1CCCCC2. The van der Waals surface area contributed by atoms with Crippen molar-refractivity contribution in [1.29, 1.82) is 0 Å². The third-order valence-corrected chi connectivity index (χ3v) is 4.64. The van der Waals surface area contributed by atoms with E-state index in [2.05, 4.69) is 27.8 Å². The molecule has 0 radical (unpaired) electrons. The monoisotopic (exact) mass is 274 g/mol. The number of aryl methyl sites for hydroxylation is 2. The third-order valence-electron chi connectivity index (χ3n) is 3.48. The van der Waals surface area contributed by atoms with Crippen LogP contribution in [0.5, 0.6) is 0 Å². The standard InChI is InChI=1S/C14H18N4S/c1-10-9-11(15)6-7-12(10)19-14-17-16-13-5-3-2-4-8-18(13)14/h6-7,9H,2-5,8,15H2,1H3. The first-order chi connectivity index (χ1) is 9.24. The number of nitrogens with two attached hydrogens (primary N) is 1. The molecule has 2 N–H and O–H groups in total. The van der Waals surface area contributed by atoms with E-state index >= 15 is 0 Å². The van der Waals surface area contributed by atoms with E-state index in [9.17, 15) is 0 Å². The van der Waals surface area contributed by atoms with Crippen LogP contribution in [0.25, 0.3) is 0 Å². The Bertz CT molecular complexity index is 591. The summed E-state index contributed by atoms with van der Waals surface area (Å²) in [5, 5.41) is 9.67. The van der Waals surface area contributed by atoms with Gasteiger partial charge in [0.05, 0.1) is 0 Å². The zero-order valence-corrected chi connectivity index (χ0v) is 11.9. The zero-order valence-electron chi connectivity index (χ0n) is 11.1. The molecule has 0 amide bonds. The lowest BCUT2D eigenvalue weighted by atomic mass is 10.2. The first-order valence-electron chi connectivity index (χ1n) is 6.70. The van der Waals surface area contributed by atoms with Crippen LogP contribution in [0.15, 0.2) is 28.3 Å². The van der Waals surface area contributed by atoms with Crippen LogP contribution in [0.2, 0.25) is 0 Å². The van der Waals surface area contributed by atoms with Gasteiger partial charge >= 0.3 is 0 Å². The number of nitrogen functional groups attached to an aromatic ring is 1. The van der Waals surface area contributed by atoms with E-state index in [-0.39, 0.29) is 0 Å². The Hall–Kier alpha value is -1.49. The van der Waals surface area contributed by atoms with Crippen LogP contribution in [0, 0.1) is 6.92 Å². The van der Waals surface area contributed by atoms with Crippen LogP contribution in [-0.2, 0) is 13.0 Å². The zero-order chi connectivity index (χ0) is 13.2. The summed E-state index contributed by atoms with van der Waals surface area (Å²) < 4.78 is 2.27. The first kappa shape index (κ1) is 12.5. The van der Waals surface area contributed by atoms with E-state index in [1.54, 1.807) is 11.8 Å². The Kier molecular flexibility index (Phi) is 3.46. The van der Waals surface area contributed by atoms with Gasteiger partial charge in [-0.05, 0) is 55.3 Å². The van der Waals surface area contributed by atoms with Gasteiger partial charge < -0.3 is 10.3 Å². The molecule has 4 nitrogen and oxygen atoms in total. The normalized spacial score (nSPS) is 15.0. The van der Waals surface area contributed by atoms with Gasteiger partial charge in [0, 0.05) is 23.5 Å². The average Bonchev–Trinajstić information content (AvgIpc) is 2.61. The van der Waals surface area contributed by atoms with E-state index in [0.29, 0.717) is 0 Å². The summed E-state index contributed by atoms with van der Waals surface area (Å²) in [6.45, 7) is 3.12. The maximum Gasteiger partial charge on any atom is 0.196 e. The molecule has 100 valence electrons. The van der Waals surface area contributed by atoms with Crippen LogP contribution < -0.4 is 5.73 Å². The molecular weight excluding hydrogens is 256 g/mol. The molecule has 1 aromatic heterocycles. The molecule has 1 aromatic carbocycles. The molecule has 2 heterocycles. The van der Waals surface area contributed by atoms with E-state index in [4.69, 9.17) is 5.73 Å². The molecule has 1 aliphatic rings. The summed E-state index contributed by atoms with van der Waals surface area (Å²) in [5.74, 6) is 1.13. The van der Waals surface area contributed by atoms with Crippen LogP contribution in [-0.4, -0.2) is 14.8 Å². The number of aromatic nitrogens is 3. The molecule has 0 bridgehead atoms. The molecule has 0 aliphatic carbocycles. The van der Waals surface area contributed by atoms with Crippen molar-refractivity contribution in [2.45, 2.75) is 49.2 Å². The summed E-state index contributed by atoms with van der Waals surface area (Å²) in [6, 6.07) is 6.00. The van der Waals surface area contributed by atoms with Crippen molar-refractivity contribution in [3.63, 3.8) is 0 Å². The van der Waals surface area contributed by atoms with Gasteiger partial charge in [-0.3, -0.25) is 0 Å². The summed E-state index contributed by atoms with van der Waals surface area (Å²) in [5.41, 5.74) is 7.79. The van der Waals surface area contributed by atoms with Gasteiger partial charge in [-0.25, -0.2) is 0 Å². The fourth-order valence-corrected chi connectivity index (χ4v) is 3.36. The second kappa shape index (κ2) is 5.25. The van der Waals surface area contributed by atoms with Crippen molar-refractivity contribution < 1.29 is 0 Å². The van der Waals surface area contributed by atoms with Gasteiger partial charge in [0.2, 0.25) is 0 Å². The van der Waals surface area contributed by atoms with Crippen molar-refractivity contribution in [2.24, 2.45) is 0 Å². The Morgan fingerprint density at radius 2 is 2.11 bits per heavy atom. The second-order valence-electron chi connectivity index (χ2n) is 4.99. The number of hydrogen-bond acceptors (Lipinski definition) is 4. The lowest BCUT2D eigenvalue weighted by Gasteiger charge is -2.08. The summed E-state index contributed by atoms with van der Waals surface area (Å²) in [6.07, 6.45) is 4.78. The number of anilines is 1. The van der Waals surface area contributed by atoms with Crippen molar-refractivity contribution >= 4 is 17.4 Å². The summed E-state index contributed by atoms with van der Waals surface area (Å²) in [4.78, 5) is 1.20. The Morgan fingerprint density at radius 3 is 2.95 bits per heavy atom. The van der Waals surface area contributed by atoms with Crippen LogP contribution >= 0.6 is 11.8 Å². The van der Waals surface area contributed by atoms with E-state index in [1.807, 2.05) is 12.1 Å². The topological polar surface area (TPSA) is 56.7 Å². The number of hydrogen-bond donors (Lipinski definition) is 1. The number of rotatable bonds is 2. The Balaban J connectivity index is 1.89. The maximum absolute atomic E-state index is 5.79. The predicted octanol–water partition coefficient (Wildman–Crippen LogP) is 3.05. The molecular formula is C14H18N4S. The molecule has 0 fully saturated rings. The molecule has 0 saturated heterocycles. The van der Waals surface area contributed by atoms with Gasteiger partial charge in [-0.1, -0.05) is 6.42 Å². The van der Waals surface area contributed by atoms with Crippen LogP contribution in [0.3, 0.4) is 0 Å². The molecule has 2 aromatic rings. The smallest absolute Gasteiger partial charge is 0.196 e. The molecule has 1 aliphatic heterocycles. The van der Waals surface area contributed by atoms with Crippen LogP contribution in [0.1, 0.15) is 30.7 Å². The van der Waals surface area contributed by atoms with E-state index in [1.165, 1.54) is 29.7 Å². The number of nitrogens with zero attached hydrogens (tertiary/aromatic N) is 3. The molecule has 5 heteroatoms. The summed E-state index contributed by atoms with van der Waals surface area (Å²) in [7, 11) is 0. The van der Waals surface area contributed by atoms with E-state index in [0.717, 1.165) is 29.6 Å². The summed E-state index contributed by atoms with van der Waals surface area (Å²) >= 11 is 1.69. The highest BCUT2D eigenvalue weighted by atomic mass is 32.2. The van der Waals surface area contributed by atoms with Crippen molar-refractivity contribution in [3.8, 4) is 0 Å². The molecule has 0 atom stereocenters. The largest absolute Gasteiger partial charge is 0.399 e. The Labute approximate surface area is 117 Å². The minimum Gasteiger partial charge on any atom is -0.399 e. The maximum atomic E-state index is 5.79. The van der Waals surface area contributed by atoms with Crippen LogP contribution in [0.4, 0.5) is 5.69 Å². The number of fused-ring (bicyclic) bond motifs is 1. The fourth-order valence-electron chi connectivity index (χ4n) is 2.42. The molecule has 0 spiro atoms. The molecule has 0 saturated carbocycles. The van der Waals surface area contributed by atoms with Crippen molar-refractivity contribution in [1.82, 2.24) is 14.8 Å². The first-order valence-corrected chi connectivity index (χ1v) is 7.52. The highest BCUT2D eigenvalue weighted by molar-refractivity contribution is 7.99. The highest BCUT2D eigenvalue weighted by Crippen LogP contribution is 2.31. The highest BCUT2D eigenvalue weighted by Gasteiger charge is 2.16. The lowest BCUT2D eigenvalue weighted by molar-refractivity contribution is 0.591. The second-order valence-corrected chi connectivity index (χ2v) is 6.00. The molecule has 0 unspecified atom stereocenters. The van der Waals surface area contributed by atoms with E-state index < -0.39 is 0 Å². The third kappa shape index (κ3) is 2.61. The van der Waals surface area contributed by atoms with Gasteiger partial charge in [0.1, 0.15) is 5.82 Å². The van der Waals surface area contributed by atoms with Gasteiger partial charge in [-0.15, -0.1) is 10.2 Å². The van der Waals surface area contributed by atoms with Gasteiger partial charge in [0.25, 0.3) is 0 Å². The number of benzene rings is 1. The van der Waals surface area contributed by atoms with Gasteiger partial charge in [-0.2, -0.15) is 0 Å². The predicted molar refractivity (Wildman–Crippen MR) is 77.3 cm³/mol. The lowest BCUT2D eigenvalue weighted by Crippen LogP contribution is -2.02. The average molecular weight is 274 g/mol. The minimum absolute atomic E-state index is 0.807. The van der Waals surface area contributed by atoms with Gasteiger partial charge in [0.15, 0.2) is 5.16 Å². The van der Waals surface area contributed by atoms with Crippen molar-refractivity contribution in [2.75, 3.05) is 5.73 Å². The van der Waals surface area contributed by atoms with Crippen molar-refractivity contribution in [3.05, 3.63) is 29.6 Å².